The second kappa shape index (κ2) is 3.62. The number of benzene rings is 1. The maximum atomic E-state index is 11.5. The van der Waals surface area contributed by atoms with E-state index in [1.54, 1.807) is 18.2 Å². The van der Waals surface area contributed by atoms with E-state index < -0.39 is 9.84 Å². The Morgan fingerprint density at radius 3 is 2.60 bits per heavy atom. The van der Waals surface area contributed by atoms with Gasteiger partial charge in [-0.15, -0.1) is 0 Å². The first-order chi connectivity index (χ1) is 7.09. The molecule has 0 saturated heterocycles. The fraction of sp³-hybridized carbons (Fsp3) is 0.182. The quantitative estimate of drug-likeness (QED) is 0.758. The summed E-state index contributed by atoms with van der Waals surface area (Å²) in [4.78, 5) is 4.56. The molecule has 0 aliphatic carbocycles. The molecule has 0 atom stereocenters. The van der Waals surface area contributed by atoms with Crippen molar-refractivity contribution in [2.24, 2.45) is 4.99 Å². The lowest BCUT2D eigenvalue weighted by atomic mass is 10.1. The average Bonchev–Trinajstić information content (AvgIpc) is 2.69. The molecule has 4 heteroatoms. The zero-order valence-electron chi connectivity index (χ0n) is 8.34. The summed E-state index contributed by atoms with van der Waals surface area (Å²) in [7, 11) is -3.19. The Hall–Kier alpha value is -1.42. The molecule has 0 unspecified atom stereocenters. The molecule has 1 aliphatic heterocycles. The maximum Gasteiger partial charge on any atom is 0.176 e. The smallest absolute Gasteiger partial charge is 0.176 e. The van der Waals surface area contributed by atoms with Crippen LogP contribution in [0.2, 0.25) is 0 Å². The van der Waals surface area contributed by atoms with Crippen molar-refractivity contribution < 1.29 is 8.42 Å². The largest absolute Gasteiger partial charge is 0.281 e. The minimum atomic E-state index is -3.19. The molecular formula is C11H11NO2S. The van der Waals surface area contributed by atoms with E-state index in [0.29, 0.717) is 17.0 Å². The van der Waals surface area contributed by atoms with Gasteiger partial charge in [0.25, 0.3) is 0 Å². The summed E-state index contributed by atoms with van der Waals surface area (Å²) in [6.45, 7) is 0.632. The number of nitrogens with zero attached hydrogens (tertiary/aromatic N) is 1. The van der Waals surface area contributed by atoms with Crippen LogP contribution in [0.4, 0.5) is 0 Å². The van der Waals surface area contributed by atoms with Crippen LogP contribution >= 0.6 is 0 Å². The monoisotopic (exact) mass is 221 g/mol. The van der Waals surface area contributed by atoms with Crippen molar-refractivity contribution >= 4 is 15.5 Å². The predicted molar refractivity (Wildman–Crippen MR) is 60.1 cm³/mol. The van der Waals surface area contributed by atoms with Gasteiger partial charge >= 0.3 is 0 Å². The van der Waals surface area contributed by atoms with Gasteiger partial charge in [0.2, 0.25) is 0 Å². The molecule has 0 N–H and O–H groups in total. The summed E-state index contributed by atoms with van der Waals surface area (Å²) in [6, 6.07) is 6.93. The highest BCUT2D eigenvalue weighted by Crippen LogP contribution is 2.18. The Balaban J connectivity index is 2.62. The second-order valence-electron chi connectivity index (χ2n) is 3.40. The molecule has 0 fully saturated rings. The van der Waals surface area contributed by atoms with E-state index in [1.165, 1.54) is 6.26 Å². The summed E-state index contributed by atoms with van der Waals surface area (Å²) in [5.41, 5.74) is 1.43. The summed E-state index contributed by atoms with van der Waals surface area (Å²) < 4.78 is 23.1. The first-order valence-corrected chi connectivity index (χ1v) is 6.48. The number of rotatable bonds is 2. The van der Waals surface area contributed by atoms with Crippen LogP contribution in [0.3, 0.4) is 0 Å². The fourth-order valence-corrected chi connectivity index (χ4v) is 2.44. The van der Waals surface area contributed by atoms with Crippen molar-refractivity contribution in [3.05, 3.63) is 42.0 Å². The third-order valence-corrected chi connectivity index (χ3v) is 3.36. The van der Waals surface area contributed by atoms with Crippen LogP contribution in [0, 0.1) is 0 Å². The highest BCUT2D eigenvalue weighted by atomic mass is 32.2. The first-order valence-electron chi connectivity index (χ1n) is 4.59. The van der Waals surface area contributed by atoms with Gasteiger partial charge in [-0.3, -0.25) is 4.99 Å². The van der Waals surface area contributed by atoms with Gasteiger partial charge < -0.3 is 0 Å². The molecule has 0 aromatic heterocycles. The number of sulfone groups is 1. The molecule has 0 amide bonds. The normalized spacial score (nSPS) is 15.4. The minimum Gasteiger partial charge on any atom is -0.281 e. The zero-order chi connectivity index (χ0) is 10.9. The van der Waals surface area contributed by atoms with Gasteiger partial charge in [-0.25, -0.2) is 8.42 Å². The van der Waals surface area contributed by atoms with Gasteiger partial charge in [0.05, 0.1) is 17.2 Å². The molecule has 78 valence electrons. The molecule has 2 rings (SSSR count). The van der Waals surface area contributed by atoms with Crippen LogP contribution in [-0.2, 0) is 9.84 Å². The molecule has 1 heterocycles. The van der Waals surface area contributed by atoms with Crippen LogP contribution in [0.5, 0.6) is 0 Å². The van der Waals surface area contributed by atoms with Crippen molar-refractivity contribution in [3.63, 3.8) is 0 Å². The van der Waals surface area contributed by atoms with Crippen molar-refractivity contribution in [2.75, 3.05) is 12.8 Å². The summed E-state index contributed by atoms with van der Waals surface area (Å²) in [5.74, 6) is 0. The second-order valence-corrected chi connectivity index (χ2v) is 5.38. The maximum absolute atomic E-state index is 11.5. The summed E-state index contributed by atoms with van der Waals surface area (Å²) in [6.07, 6.45) is 4.98. The molecule has 0 saturated carbocycles. The molecule has 0 spiro atoms. The van der Waals surface area contributed by atoms with E-state index in [1.807, 2.05) is 18.2 Å². The van der Waals surface area contributed by atoms with E-state index in [9.17, 15) is 8.42 Å². The molecule has 0 radical (unpaired) electrons. The van der Waals surface area contributed by atoms with Gasteiger partial charge in [0, 0.05) is 11.8 Å². The molecular weight excluding hydrogens is 210 g/mol. The van der Waals surface area contributed by atoms with E-state index in [4.69, 9.17) is 0 Å². The molecule has 1 aromatic carbocycles. The minimum absolute atomic E-state index is 0.343. The Bertz CT molecular complexity index is 541. The molecule has 1 aromatic rings. The van der Waals surface area contributed by atoms with Crippen LogP contribution in [0.25, 0.3) is 0 Å². The number of allylic oxidation sites excluding steroid dienone is 1. The lowest BCUT2D eigenvalue weighted by Crippen LogP contribution is -2.06. The number of aliphatic imine (C=N–C) groups is 1. The van der Waals surface area contributed by atoms with E-state index in [-0.39, 0.29) is 0 Å². The van der Waals surface area contributed by atoms with Crippen molar-refractivity contribution in [1.29, 1.82) is 0 Å². The van der Waals surface area contributed by atoms with Crippen LogP contribution in [0.1, 0.15) is 5.56 Å². The van der Waals surface area contributed by atoms with E-state index in [0.717, 1.165) is 5.71 Å². The molecule has 15 heavy (non-hydrogen) atoms. The highest BCUT2D eigenvalue weighted by molar-refractivity contribution is 7.90. The van der Waals surface area contributed by atoms with Crippen molar-refractivity contribution in [1.82, 2.24) is 0 Å². The Labute approximate surface area is 89.1 Å². The summed E-state index contributed by atoms with van der Waals surface area (Å²) >= 11 is 0. The van der Waals surface area contributed by atoms with E-state index in [2.05, 4.69) is 4.99 Å². The fourth-order valence-electron chi connectivity index (χ4n) is 1.54. The van der Waals surface area contributed by atoms with Crippen LogP contribution in [-0.4, -0.2) is 26.9 Å². The van der Waals surface area contributed by atoms with Crippen LogP contribution in [0.15, 0.2) is 46.3 Å². The van der Waals surface area contributed by atoms with Crippen molar-refractivity contribution in [2.45, 2.75) is 4.90 Å². The third kappa shape index (κ3) is 1.99. The Morgan fingerprint density at radius 2 is 2.00 bits per heavy atom. The van der Waals surface area contributed by atoms with Crippen molar-refractivity contribution in [3.8, 4) is 0 Å². The average molecular weight is 221 g/mol. The number of hydrogen-bond acceptors (Lipinski definition) is 3. The molecule has 1 aliphatic rings. The van der Waals surface area contributed by atoms with Gasteiger partial charge in [0.1, 0.15) is 0 Å². The van der Waals surface area contributed by atoms with Gasteiger partial charge in [0.15, 0.2) is 9.84 Å². The highest BCUT2D eigenvalue weighted by Gasteiger charge is 2.15. The van der Waals surface area contributed by atoms with Gasteiger partial charge in [-0.05, 0) is 12.1 Å². The lowest BCUT2D eigenvalue weighted by molar-refractivity contribution is 0.601. The number of hydrogen-bond donors (Lipinski definition) is 0. The summed E-state index contributed by atoms with van der Waals surface area (Å²) in [5, 5.41) is 0. The molecule has 3 nitrogen and oxygen atoms in total. The van der Waals surface area contributed by atoms with E-state index >= 15 is 0 Å². The SMILES string of the molecule is CS(=O)(=O)c1ccccc1C1=NCC=C1. The molecule has 0 bridgehead atoms. The third-order valence-electron chi connectivity index (χ3n) is 2.21. The Morgan fingerprint density at radius 1 is 1.27 bits per heavy atom. The Kier molecular flexibility index (Phi) is 2.44. The first kappa shape index (κ1) is 10.1. The van der Waals surface area contributed by atoms with Gasteiger partial charge in [-0.1, -0.05) is 24.3 Å². The van der Waals surface area contributed by atoms with Gasteiger partial charge in [-0.2, -0.15) is 0 Å². The standard InChI is InChI=1S/C11H11NO2S/c1-15(13,14)11-7-3-2-5-9(11)10-6-4-8-12-10/h2-7H,8H2,1H3. The lowest BCUT2D eigenvalue weighted by Gasteiger charge is -2.05. The zero-order valence-corrected chi connectivity index (χ0v) is 9.16. The van der Waals surface area contributed by atoms with Crippen LogP contribution < -0.4 is 0 Å². The predicted octanol–water partition coefficient (Wildman–Crippen LogP) is 1.45. The topological polar surface area (TPSA) is 46.5 Å².